The van der Waals surface area contributed by atoms with Gasteiger partial charge in [0.2, 0.25) is 0 Å². The maximum Gasteiger partial charge on any atom is 0.459 e. The minimum absolute atomic E-state index is 0.00682. The maximum atomic E-state index is 14.4. The van der Waals surface area contributed by atoms with Gasteiger partial charge in [0, 0.05) is 6.42 Å². The number of nitrogens with zero attached hydrogens (tertiary/aromatic N) is 4. The van der Waals surface area contributed by atoms with Gasteiger partial charge in [0.15, 0.2) is 22.6 Å². The number of aromatic nitrogens is 4. The number of aliphatic carboxylic acids is 1. The lowest BCUT2D eigenvalue weighted by atomic mass is 9.98. The number of carboxylic acids is 1. The van der Waals surface area contributed by atoms with E-state index >= 15 is 0 Å². The Kier molecular flexibility index (Phi) is 9.88. The van der Waals surface area contributed by atoms with Crippen LogP contribution in [0, 0.1) is 24.3 Å². The topological polar surface area (TPSA) is 190 Å². The molecule has 47 heavy (non-hydrogen) atoms. The van der Waals surface area contributed by atoms with Crippen LogP contribution < -0.4 is 15.3 Å². The minimum atomic E-state index is -4.56. The number of para-hydroxylation sites is 1. The molecule has 0 spiro atoms. The highest BCUT2D eigenvalue weighted by Gasteiger charge is 2.53. The summed E-state index contributed by atoms with van der Waals surface area (Å²) in [6.07, 6.45) is 3.83. The second kappa shape index (κ2) is 13.9. The molecule has 16 heteroatoms. The van der Waals surface area contributed by atoms with E-state index in [1.165, 1.54) is 23.0 Å². The maximum absolute atomic E-state index is 14.4. The first-order valence-electron chi connectivity index (χ1n) is 14.5. The fraction of sp³-hybridized carbons (Fsp3) is 0.323. The van der Waals surface area contributed by atoms with Crippen molar-refractivity contribution in [2.24, 2.45) is 5.92 Å². The first kappa shape index (κ1) is 33.5. The Morgan fingerprint density at radius 2 is 1.89 bits per heavy atom. The molecule has 5 atom stereocenters. The Balaban J connectivity index is 1.48. The fourth-order valence-electron chi connectivity index (χ4n) is 4.87. The number of nitrogens with two attached hydrogens (primary N) is 1. The number of carbonyl (C=O) groups excluding carboxylic acids is 1. The number of hydrogen-bond acceptors (Lipinski definition) is 11. The van der Waals surface area contributed by atoms with Crippen molar-refractivity contribution < 1.29 is 42.2 Å². The van der Waals surface area contributed by atoms with Gasteiger partial charge in [0.1, 0.15) is 30.7 Å². The number of ether oxygens (including phenoxy) is 2. The van der Waals surface area contributed by atoms with E-state index in [-0.39, 0.29) is 35.6 Å². The van der Waals surface area contributed by atoms with Crippen molar-refractivity contribution in [1.82, 2.24) is 24.6 Å². The molecule has 0 amide bonds. The Hall–Kier alpha value is -4.87. The summed E-state index contributed by atoms with van der Waals surface area (Å²) in [4.78, 5) is 36.5. The summed E-state index contributed by atoms with van der Waals surface area (Å²) < 4.78 is 53.5. The number of halogens is 1. The van der Waals surface area contributed by atoms with Crippen LogP contribution in [0.3, 0.4) is 0 Å². The number of imidazole rings is 1. The van der Waals surface area contributed by atoms with E-state index in [0.29, 0.717) is 5.56 Å². The molecule has 1 aliphatic rings. The number of fused-ring (bicyclic) bond motifs is 1. The standard InChI is InChI=1S/C31H32FN6O8P/c1-4-31(23(44-29(41)19(2)3)16-24(45-31)38-18-34-25-26(33)35-30(32)36-27(25)38)17-43-47(42,46-21-13-9-6-10-14-21)37-22(28(39)40)15-20-11-7-5-8-12-20/h1,5-14,18-19,22-24H,15-17H2,2-3H3,(H,37,42)(H,39,40)(H2,33,35,36)/t22-,23-,24+,31+,47-/m0/s1. The minimum Gasteiger partial charge on any atom is -0.480 e. The fourth-order valence-corrected chi connectivity index (χ4v) is 6.39. The van der Waals surface area contributed by atoms with Crippen LogP contribution in [0.2, 0.25) is 0 Å². The van der Waals surface area contributed by atoms with Crippen molar-refractivity contribution >= 4 is 36.7 Å². The van der Waals surface area contributed by atoms with Crippen LogP contribution >= 0.6 is 7.75 Å². The number of anilines is 1. The van der Waals surface area contributed by atoms with Crippen molar-refractivity contribution in [1.29, 1.82) is 0 Å². The first-order valence-corrected chi connectivity index (χ1v) is 16.0. The molecule has 2 aromatic carbocycles. The Bertz CT molecular complexity index is 1840. The van der Waals surface area contributed by atoms with E-state index in [1.54, 1.807) is 62.4 Å². The third kappa shape index (κ3) is 7.58. The molecule has 0 saturated carbocycles. The van der Waals surface area contributed by atoms with Crippen LogP contribution in [-0.2, 0) is 34.6 Å². The number of esters is 1. The van der Waals surface area contributed by atoms with E-state index in [2.05, 4.69) is 26.0 Å². The zero-order valence-corrected chi connectivity index (χ0v) is 26.2. The number of carbonyl (C=O) groups is 2. The molecule has 0 radical (unpaired) electrons. The number of benzene rings is 2. The summed E-state index contributed by atoms with van der Waals surface area (Å²) in [6, 6.07) is 15.3. The van der Waals surface area contributed by atoms with Gasteiger partial charge >= 0.3 is 25.8 Å². The van der Waals surface area contributed by atoms with Crippen molar-refractivity contribution in [3.05, 3.63) is 78.6 Å². The van der Waals surface area contributed by atoms with Crippen molar-refractivity contribution in [2.45, 2.75) is 50.7 Å². The smallest absolute Gasteiger partial charge is 0.459 e. The molecule has 4 aromatic rings. The zero-order chi connectivity index (χ0) is 33.8. The molecule has 14 nitrogen and oxygen atoms in total. The summed E-state index contributed by atoms with van der Waals surface area (Å²) in [5.41, 5.74) is 4.67. The molecule has 0 bridgehead atoms. The van der Waals surface area contributed by atoms with E-state index < -0.39 is 62.3 Å². The quantitative estimate of drug-likeness (QED) is 0.0807. The van der Waals surface area contributed by atoms with Crippen LogP contribution in [-0.4, -0.2) is 60.9 Å². The van der Waals surface area contributed by atoms with Crippen LogP contribution in [0.1, 0.15) is 32.1 Å². The van der Waals surface area contributed by atoms with Gasteiger partial charge < -0.3 is 24.8 Å². The van der Waals surface area contributed by atoms with Gasteiger partial charge in [-0.1, -0.05) is 68.3 Å². The largest absolute Gasteiger partial charge is 0.480 e. The van der Waals surface area contributed by atoms with E-state index in [4.69, 9.17) is 30.7 Å². The molecule has 1 saturated heterocycles. The molecular formula is C31H32FN6O8P. The highest BCUT2D eigenvalue weighted by atomic mass is 31.2. The molecule has 1 aliphatic heterocycles. The number of hydrogen-bond donors (Lipinski definition) is 3. The molecule has 3 heterocycles. The Labute approximate surface area is 269 Å². The van der Waals surface area contributed by atoms with Gasteiger partial charge in [0.05, 0.1) is 12.2 Å². The van der Waals surface area contributed by atoms with Crippen LogP contribution in [0.25, 0.3) is 11.2 Å². The molecule has 0 unspecified atom stereocenters. The van der Waals surface area contributed by atoms with Crippen molar-refractivity contribution in [3.8, 4) is 18.1 Å². The summed E-state index contributed by atoms with van der Waals surface area (Å²) in [5, 5.41) is 12.6. The summed E-state index contributed by atoms with van der Waals surface area (Å²) >= 11 is 0. The summed E-state index contributed by atoms with van der Waals surface area (Å²) in [6.45, 7) is 2.56. The first-order chi connectivity index (χ1) is 22.4. The SMILES string of the molecule is C#C[C@]1(CO[P@@](=O)(N[C@@H](Cc2ccccc2)C(=O)O)Oc2ccccc2)O[C@@H](n2cnc3c(N)nc(F)nc32)C[C@@H]1OC(=O)C(C)C. The van der Waals surface area contributed by atoms with Gasteiger partial charge in [-0.05, 0) is 24.1 Å². The van der Waals surface area contributed by atoms with Crippen molar-refractivity contribution in [3.63, 3.8) is 0 Å². The third-order valence-electron chi connectivity index (χ3n) is 7.30. The molecule has 0 aliphatic carbocycles. The number of nitrogens with one attached hydrogen (secondary N) is 1. The number of nitrogen functional groups attached to an aromatic ring is 1. The van der Waals surface area contributed by atoms with Gasteiger partial charge in [-0.25, -0.2) is 9.55 Å². The molecular weight excluding hydrogens is 634 g/mol. The predicted octanol–water partition coefficient (Wildman–Crippen LogP) is 3.90. The Morgan fingerprint density at radius 1 is 1.21 bits per heavy atom. The average Bonchev–Trinajstić information content (AvgIpc) is 3.62. The lowest BCUT2D eigenvalue weighted by molar-refractivity contribution is -0.161. The Morgan fingerprint density at radius 3 is 2.53 bits per heavy atom. The lowest BCUT2D eigenvalue weighted by Crippen LogP contribution is -2.46. The molecule has 2 aromatic heterocycles. The monoisotopic (exact) mass is 666 g/mol. The highest BCUT2D eigenvalue weighted by molar-refractivity contribution is 7.52. The molecule has 1 fully saturated rings. The highest BCUT2D eigenvalue weighted by Crippen LogP contribution is 2.48. The predicted molar refractivity (Wildman–Crippen MR) is 166 cm³/mol. The molecule has 5 rings (SSSR count). The number of rotatable bonds is 13. The lowest BCUT2D eigenvalue weighted by Gasteiger charge is -2.31. The van der Waals surface area contributed by atoms with E-state index in [9.17, 15) is 23.7 Å². The normalized spacial score (nSPS) is 21.2. The molecule has 4 N–H and O–H groups in total. The van der Waals surface area contributed by atoms with Crippen molar-refractivity contribution in [2.75, 3.05) is 12.3 Å². The second-order valence-electron chi connectivity index (χ2n) is 11.0. The van der Waals surface area contributed by atoms with Gasteiger partial charge in [-0.2, -0.15) is 19.4 Å². The molecule has 246 valence electrons. The average molecular weight is 667 g/mol. The van der Waals surface area contributed by atoms with E-state index in [1.807, 2.05) is 0 Å². The van der Waals surface area contributed by atoms with Crippen LogP contribution in [0.15, 0.2) is 67.0 Å². The third-order valence-corrected chi connectivity index (χ3v) is 8.85. The van der Waals surface area contributed by atoms with Crippen LogP contribution in [0.4, 0.5) is 10.2 Å². The number of carboxylic acid groups (broad SMARTS) is 1. The summed E-state index contributed by atoms with van der Waals surface area (Å²) in [5.74, 6) is -0.0921. The zero-order valence-electron chi connectivity index (χ0n) is 25.4. The van der Waals surface area contributed by atoms with Gasteiger partial charge in [0.25, 0.3) is 0 Å². The van der Waals surface area contributed by atoms with Gasteiger partial charge in [-0.15, -0.1) is 6.42 Å². The number of terminal acetylenes is 1. The van der Waals surface area contributed by atoms with Crippen LogP contribution in [0.5, 0.6) is 5.75 Å². The second-order valence-corrected chi connectivity index (χ2v) is 12.7. The summed E-state index contributed by atoms with van der Waals surface area (Å²) in [7, 11) is -4.56. The van der Waals surface area contributed by atoms with Gasteiger partial charge in [-0.3, -0.25) is 18.7 Å². The van der Waals surface area contributed by atoms with E-state index in [0.717, 1.165) is 0 Å².